The van der Waals surface area contributed by atoms with E-state index in [1.165, 1.54) is 23.5 Å². The van der Waals surface area contributed by atoms with Gasteiger partial charge in [-0.15, -0.1) is 11.3 Å². The van der Waals surface area contributed by atoms with Gasteiger partial charge in [0.15, 0.2) is 0 Å². The quantitative estimate of drug-likeness (QED) is 0.550. The van der Waals surface area contributed by atoms with Crippen LogP contribution >= 0.6 is 22.9 Å². The fourth-order valence-electron chi connectivity index (χ4n) is 1.31. The Kier molecular flexibility index (Phi) is 6.75. The number of halogens is 1. The molecule has 1 aromatic carbocycles. The van der Waals surface area contributed by atoms with E-state index in [4.69, 9.17) is 37.0 Å². The summed E-state index contributed by atoms with van der Waals surface area (Å²) >= 11 is 6.81. The fraction of sp³-hybridized carbons (Fsp3) is 0. The van der Waals surface area contributed by atoms with Crippen molar-refractivity contribution in [3.8, 4) is 6.07 Å². The molecule has 4 N–H and O–H groups in total. The van der Waals surface area contributed by atoms with Crippen molar-refractivity contribution in [2.45, 2.75) is 0 Å². The molecule has 0 saturated carbocycles. The molecular formula is C11H10B2ClNO4S. The van der Waals surface area contributed by atoms with Gasteiger partial charge in [0, 0.05) is 5.46 Å². The molecule has 0 bridgehead atoms. The third-order valence-electron chi connectivity index (χ3n) is 2.28. The van der Waals surface area contributed by atoms with E-state index in [1.54, 1.807) is 23.6 Å². The molecule has 0 aliphatic rings. The maximum atomic E-state index is 8.74. The van der Waals surface area contributed by atoms with E-state index in [2.05, 4.69) is 0 Å². The molecule has 1 heterocycles. The summed E-state index contributed by atoms with van der Waals surface area (Å²) in [4.78, 5) is 0. The summed E-state index contributed by atoms with van der Waals surface area (Å²) in [6.45, 7) is 0. The first-order valence-corrected chi connectivity index (χ1v) is 6.67. The zero-order valence-corrected chi connectivity index (χ0v) is 11.7. The van der Waals surface area contributed by atoms with Crippen LogP contribution in [0.25, 0.3) is 0 Å². The van der Waals surface area contributed by atoms with Gasteiger partial charge in [-0.3, -0.25) is 0 Å². The highest BCUT2D eigenvalue weighted by Crippen LogP contribution is 2.12. The molecule has 2 aromatic rings. The van der Waals surface area contributed by atoms with Gasteiger partial charge in [0.2, 0.25) is 0 Å². The molecule has 5 nitrogen and oxygen atoms in total. The van der Waals surface area contributed by atoms with Gasteiger partial charge in [-0.25, -0.2) is 0 Å². The van der Waals surface area contributed by atoms with Crippen molar-refractivity contribution in [1.82, 2.24) is 0 Å². The van der Waals surface area contributed by atoms with Crippen molar-refractivity contribution >= 4 is 48.1 Å². The first-order chi connectivity index (χ1) is 9.47. The molecule has 0 unspecified atom stereocenters. The molecule has 0 amide bonds. The maximum Gasteiger partial charge on any atom is 0.490 e. The van der Waals surface area contributed by atoms with Crippen LogP contribution in [0.2, 0.25) is 4.34 Å². The minimum atomic E-state index is -1.56. The Morgan fingerprint density at radius 3 is 1.95 bits per heavy atom. The third kappa shape index (κ3) is 4.65. The van der Waals surface area contributed by atoms with Crippen LogP contribution in [0.5, 0.6) is 0 Å². The molecular weight excluding hydrogens is 299 g/mol. The number of hydrogen-bond acceptors (Lipinski definition) is 6. The highest BCUT2D eigenvalue weighted by Gasteiger charge is 2.15. The van der Waals surface area contributed by atoms with Crippen LogP contribution in [0.1, 0.15) is 5.56 Å². The lowest BCUT2D eigenvalue weighted by atomic mass is 9.77. The van der Waals surface area contributed by atoms with Gasteiger partial charge in [0.25, 0.3) is 0 Å². The number of rotatable bonds is 2. The highest BCUT2D eigenvalue weighted by molar-refractivity contribution is 7.16. The molecule has 0 radical (unpaired) electrons. The van der Waals surface area contributed by atoms with Crippen molar-refractivity contribution in [2.24, 2.45) is 0 Å². The fourth-order valence-corrected chi connectivity index (χ4v) is 2.27. The third-order valence-corrected chi connectivity index (χ3v) is 3.48. The zero-order chi connectivity index (χ0) is 15.1. The van der Waals surface area contributed by atoms with E-state index in [1.807, 2.05) is 6.07 Å². The van der Waals surface area contributed by atoms with Gasteiger partial charge in [0.05, 0.1) is 16.0 Å². The van der Waals surface area contributed by atoms with Crippen LogP contribution in [0, 0.1) is 11.3 Å². The van der Waals surface area contributed by atoms with Crippen molar-refractivity contribution < 1.29 is 20.1 Å². The molecule has 0 saturated heterocycles. The molecule has 9 heteroatoms. The maximum absolute atomic E-state index is 8.74. The molecule has 0 fully saturated rings. The predicted molar refractivity (Wildman–Crippen MR) is 80.1 cm³/mol. The Morgan fingerprint density at radius 1 is 1.00 bits per heavy atom. The predicted octanol–water partition coefficient (Wildman–Crippen LogP) is -0.681. The standard InChI is InChI=1S/C7H6BNO2.C4H4BClO2S/c9-5-6-3-1-2-4-7(6)8(10)11;6-4-3(5(7)8)1-2-9-4/h1-4,10-11H;1-2,7-8H. The number of hydrogen-bond donors (Lipinski definition) is 4. The second-order valence-electron chi connectivity index (χ2n) is 3.60. The summed E-state index contributed by atoms with van der Waals surface area (Å²) in [5.74, 6) is 0. The summed E-state index contributed by atoms with van der Waals surface area (Å²) < 4.78 is 0.435. The first-order valence-electron chi connectivity index (χ1n) is 5.41. The number of thiophene rings is 1. The average molecular weight is 309 g/mol. The lowest BCUT2D eigenvalue weighted by molar-refractivity contribution is 0.424. The molecule has 102 valence electrons. The lowest BCUT2D eigenvalue weighted by Crippen LogP contribution is -2.31. The van der Waals surface area contributed by atoms with Crippen molar-refractivity contribution in [3.63, 3.8) is 0 Å². The van der Waals surface area contributed by atoms with Crippen LogP contribution < -0.4 is 10.9 Å². The Labute approximate surface area is 125 Å². The molecule has 0 atom stereocenters. The minimum absolute atomic E-state index is 0.245. The van der Waals surface area contributed by atoms with E-state index < -0.39 is 14.2 Å². The zero-order valence-electron chi connectivity index (χ0n) is 10.1. The van der Waals surface area contributed by atoms with E-state index >= 15 is 0 Å². The van der Waals surface area contributed by atoms with Crippen LogP contribution in [0.3, 0.4) is 0 Å². The van der Waals surface area contributed by atoms with Gasteiger partial charge in [0.1, 0.15) is 0 Å². The van der Waals surface area contributed by atoms with Gasteiger partial charge in [-0.1, -0.05) is 35.9 Å². The van der Waals surface area contributed by atoms with Gasteiger partial charge in [-0.2, -0.15) is 5.26 Å². The summed E-state index contributed by atoms with van der Waals surface area (Å²) in [5, 5.41) is 44.8. The largest absolute Gasteiger partial charge is 0.490 e. The summed E-state index contributed by atoms with van der Waals surface area (Å²) in [6.07, 6.45) is 0. The normalized spacial score (nSPS) is 9.20. The summed E-state index contributed by atoms with van der Waals surface area (Å²) in [5.41, 5.74) is 0.916. The Hall–Kier alpha value is -1.33. The Bertz CT molecular complexity index is 600. The molecule has 1 aromatic heterocycles. The van der Waals surface area contributed by atoms with Crippen molar-refractivity contribution in [2.75, 3.05) is 0 Å². The summed E-state index contributed by atoms with van der Waals surface area (Å²) in [6, 6.07) is 9.80. The van der Waals surface area contributed by atoms with E-state index in [0.29, 0.717) is 15.4 Å². The van der Waals surface area contributed by atoms with Crippen molar-refractivity contribution in [1.29, 1.82) is 5.26 Å². The second kappa shape index (κ2) is 8.07. The molecule has 0 aliphatic carbocycles. The SMILES string of the molecule is N#Cc1ccccc1B(O)O.OB(O)c1ccsc1Cl. The van der Waals surface area contributed by atoms with Crippen LogP contribution in [-0.4, -0.2) is 34.3 Å². The Balaban J connectivity index is 0.000000204. The van der Waals surface area contributed by atoms with Crippen LogP contribution in [0.15, 0.2) is 35.7 Å². The Morgan fingerprint density at radius 2 is 1.60 bits per heavy atom. The van der Waals surface area contributed by atoms with Crippen LogP contribution in [0.4, 0.5) is 0 Å². The average Bonchev–Trinajstić information content (AvgIpc) is 2.85. The minimum Gasteiger partial charge on any atom is -0.423 e. The van der Waals surface area contributed by atoms with Crippen LogP contribution in [-0.2, 0) is 0 Å². The summed E-state index contributed by atoms with van der Waals surface area (Å²) in [7, 11) is -3.01. The topological polar surface area (TPSA) is 105 Å². The van der Waals surface area contributed by atoms with E-state index in [0.717, 1.165) is 0 Å². The van der Waals surface area contributed by atoms with E-state index in [-0.39, 0.29) is 5.46 Å². The van der Waals surface area contributed by atoms with Crippen molar-refractivity contribution in [3.05, 3.63) is 45.6 Å². The molecule has 0 spiro atoms. The van der Waals surface area contributed by atoms with Gasteiger partial charge in [-0.05, 0) is 16.9 Å². The second-order valence-corrected chi connectivity index (χ2v) is 5.11. The molecule has 0 aliphatic heterocycles. The smallest absolute Gasteiger partial charge is 0.423 e. The first kappa shape index (κ1) is 16.7. The van der Waals surface area contributed by atoms with Gasteiger partial charge >= 0.3 is 14.2 Å². The van der Waals surface area contributed by atoms with E-state index in [9.17, 15) is 0 Å². The van der Waals surface area contributed by atoms with Gasteiger partial charge < -0.3 is 20.1 Å². The monoisotopic (exact) mass is 309 g/mol. The number of nitrogens with zero attached hydrogens (tertiary/aromatic N) is 1. The lowest BCUT2D eigenvalue weighted by Gasteiger charge is -1.99. The number of nitriles is 1. The number of benzene rings is 1. The highest BCUT2D eigenvalue weighted by atomic mass is 35.5. The molecule has 2 rings (SSSR count). The molecule has 20 heavy (non-hydrogen) atoms.